The molecule has 0 bridgehead atoms. The van der Waals surface area contributed by atoms with E-state index >= 15 is 0 Å². The zero-order valence-corrected chi connectivity index (χ0v) is 23.3. The zero-order chi connectivity index (χ0) is 30.1. The molecule has 1 fully saturated rings. The summed E-state index contributed by atoms with van der Waals surface area (Å²) in [4.78, 5) is 15.4. The molecule has 1 amide bonds. The number of nitrogens with zero attached hydrogens (tertiary/aromatic N) is 1. The van der Waals surface area contributed by atoms with Crippen molar-refractivity contribution in [1.82, 2.24) is 9.29 Å². The van der Waals surface area contributed by atoms with E-state index in [1.165, 1.54) is 4.31 Å². The van der Waals surface area contributed by atoms with Crippen molar-refractivity contribution in [3.63, 3.8) is 0 Å². The highest BCUT2D eigenvalue weighted by Crippen LogP contribution is 2.38. The normalized spacial score (nSPS) is 15.2. The van der Waals surface area contributed by atoms with Crippen LogP contribution in [0.4, 0.5) is 17.6 Å². The van der Waals surface area contributed by atoms with Crippen LogP contribution in [0.5, 0.6) is 5.75 Å². The number of primary amides is 1. The number of halogens is 4. The van der Waals surface area contributed by atoms with E-state index in [4.69, 9.17) is 10.5 Å². The number of aromatic amines is 1. The molecule has 7 nitrogen and oxygen atoms in total. The number of carbonyl (C=O) groups excluding carboxylic acids is 1. The number of fused-ring (bicyclic) bond motifs is 1. The average Bonchev–Trinajstić information content (AvgIpc) is 3.39. The first-order valence-corrected chi connectivity index (χ1v) is 15.0. The number of nitrogens with two attached hydrogens (primary N) is 1. The van der Waals surface area contributed by atoms with Crippen LogP contribution in [0.25, 0.3) is 22.0 Å². The summed E-state index contributed by atoms with van der Waals surface area (Å²) in [5.41, 5.74) is 8.05. The Morgan fingerprint density at radius 2 is 1.74 bits per heavy atom. The number of hydrogen-bond acceptors (Lipinski definition) is 4. The van der Waals surface area contributed by atoms with E-state index in [1.807, 2.05) is 42.6 Å². The quantitative estimate of drug-likeness (QED) is 0.179. The predicted octanol–water partition coefficient (Wildman–Crippen LogP) is 6.07. The molecular formula is C30H29F4N3O4S. The first kappa shape index (κ1) is 29.6. The number of benzene rings is 3. The number of sulfonamides is 1. The van der Waals surface area contributed by atoms with Crippen molar-refractivity contribution < 1.29 is 35.5 Å². The Labute approximate surface area is 240 Å². The van der Waals surface area contributed by atoms with E-state index in [1.54, 1.807) is 6.07 Å². The van der Waals surface area contributed by atoms with E-state index in [-0.39, 0.29) is 37.8 Å². The molecule has 3 N–H and O–H groups in total. The predicted molar refractivity (Wildman–Crippen MR) is 151 cm³/mol. The maximum absolute atomic E-state index is 14.1. The van der Waals surface area contributed by atoms with Crippen molar-refractivity contribution in [3.05, 3.63) is 89.4 Å². The minimum absolute atomic E-state index is 0.0153. The van der Waals surface area contributed by atoms with E-state index in [0.29, 0.717) is 30.0 Å². The molecule has 0 aliphatic carbocycles. The molecule has 222 valence electrons. The molecule has 2 heterocycles. The van der Waals surface area contributed by atoms with Gasteiger partial charge in [0.1, 0.15) is 0 Å². The Hall–Kier alpha value is -3.90. The second kappa shape index (κ2) is 11.8. The van der Waals surface area contributed by atoms with Crippen molar-refractivity contribution in [2.45, 2.75) is 31.4 Å². The van der Waals surface area contributed by atoms with Gasteiger partial charge in [-0.2, -0.15) is 13.2 Å². The van der Waals surface area contributed by atoms with Crippen LogP contribution in [-0.4, -0.2) is 49.1 Å². The van der Waals surface area contributed by atoms with Gasteiger partial charge in [-0.25, -0.2) is 17.1 Å². The van der Waals surface area contributed by atoms with Crippen LogP contribution in [0, 0.1) is 5.82 Å². The summed E-state index contributed by atoms with van der Waals surface area (Å²) >= 11 is 0. The number of aromatic nitrogens is 1. The number of amides is 1. The van der Waals surface area contributed by atoms with Crippen LogP contribution in [0.2, 0.25) is 0 Å². The molecule has 1 aromatic heterocycles. The number of nitrogens with one attached hydrogen (secondary N) is 1. The number of ether oxygens (including phenoxy) is 1. The summed E-state index contributed by atoms with van der Waals surface area (Å²) in [6.45, 7) is 0.308. The van der Waals surface area contributed by atoms with Gasteiger partial charge in [-0.3, -0.25) is 4.79 Å². The maximum atomic E-state index is 14.1. The van der Waals surface area contributed by atoms with Gasteiger partial charge in [-0.15, -0.1) is 0 Å². The summed E-state index contributed by atoms with van der Waals surface area (Å²) in [6, 6.07) is 16.1. The fourth-order valence-electron chi connectivity index (χ4n) is 5.42. The highest BCUT2D eigenvalue weighted by Gasteiger charge is 2.35. The first-order valence-electron chi connectivity index (χ1n) is 13.4. The molecule has 0 radical (unpaired) electrons. The second-order valence-corrected chi connectivity index (χ2v) is 12.3. The number of piperidine rings is 1. The minimum Gasteiger partial charge on any atom is -0.490 e. The number of rotatable bonds is 9. The van der Waals surface area contributed by atoms with Crippen LogP contribution in [0.15, 0.2) is 66.9 Å². The van der Waals surface area contributed by atoms with E-state index in [2.05, 4.69) is 4.98 Å². The Kier molecular flexibility index (Phi) is 8.29. The summed E-state index contributed by atoms with van der Waals surface area (Å²) in [5.74, 6) is -2.88. The fourth-order valence-corrected chi connectivity index (χ4v) is 6.93. The highest BCUT2D eigenvalue weighted by molar-refractivity contribution is 7.89. The van der Waals surface area contributed by atoms with E-state index in [0.717, 1.165) is 34.2 Å². The van der Waals surface area contributed by atoms with Gasteiger partial charge in [0, 0.05) is 24.7 Å². The molecule has 0 saturated carbocycles. The Morgan fingerprint density at radius 1 is 1.02 bits per heavy atom. The Morgan fingerprint density at radius 3 is 2.40 bits per heavy atom. The molecule has 0 atom stereocenters. The second-order valence-electron chi connectivity index (χ2n) is 10.2. The standard InChI is InChI=1S/C30H29F4N3O4S/c31-27-25(30(32,33)34)8-4-9-26(27)41-14-5-15-42(39,40)37-12-10-20(11-13-37)24-18-36-28-22(24)16-21(17-23(28)29(35)38)19-6-2-1-3-7-19/h1-4,6-9,16-18,20,36H,5,10-15H2,(H2,35,38). The van der Waals surface area contributed by atoms with Crippen molar-refractivity contribution in [3.8, 4) is 16.9 Å². The van der Waals surface area contributed by atoms with Crippen LogP contribution in [0.1, 0.15) is 46.7 Å². The van der Waals surface area contributed by atoms with Gasteiger partial charge in [0.25, 0.3) is 5.91 Å². The van der Waals surface area contributed by atoms with Crippen LogP contribution in [-0.2, 0) is 16.2 Å². The van der Waals surface area contributed by atoms with Gasteiger partial charge in [0.15, 0.2) is 11.6 Å². The van der Waals surface area contributed by atoms with Gasteiger partial charge in [0.05, 0.1) is 29.0 Å². The highest BCUT2D eigenvalue weighted by atomic mass is 32.2. The molecule has 5 rings (SSSR count). The van der Waals surface area contributed by atoms with Crippen molar-refractivity contribution in [2.75, 3.05) is 25.4 Å². The number of alkyl halides is 3. The molecule has 1 saturated heterocycles. The summed E-state index contributed by atoms with van der Waals surface area (Å²) < 4.78 is 85.3. The van der Waals surface area contributed by atoms with Gasteiger partial charge >= 0.3 is 6.18 Å². The molecule has 12 heteroatoms. The molecular weight excluding hydrogens is 574 g/mol. The zero-order valence-electron chi connectivity index (χ0n) is 22.5. The van der Waals surface area contributed by atoms with Crippen LogP contribution >= 0.6 is 0 Å². The summed E-state index contributed by atoms with van der Waals surface area (Å²) in [7, 11) is -3.66. The SMILES string of the molecule is NC(=O)c1cc(-c2ccccc2)cc2c(C3CCN(S(=O)(=O)CCCOc4cccc(C(F)(F)F)c4F)CC3)c[nH]c12. The lowest BCUT2D eigenvalue weighted by Gasteiger charge is -2.31. The van der Waals surface area contributed by atoms with Gasteiger partial charge in [-0.05, 0) is 66.1 Å². The molecule has 1 aliphatic rings. The largest absolute Gasteiger partial charge is 0.490 e. The monoisotopic (exact) mass is 603 g/mol. The third-order valence-electron chi connectivity index (χ3n) is 7.55. The summed E-state index contributed by atoms with van der Waals surface area (Å²) in [5, 5.41) is 0.866. The smallest absolute Gasteiger partial charge is 0.419 e. The maximum Gasteiger partial charge on any atom is 0.419 e. The lowest BCUT2D eigenvalue weighted by Crippen LogP contribution is -2.39. The number of carbonyl (C=O) groups is 1. The first-order chi connectivity index (χ1) is 20.0. The van der Waals surface area contributed by atoms with Crippen molar-refractivity contribution in [1.29, 1.82) is 0 Å². The fraction of sp³-hybridized carbons (Fsp3) is 0.300. The van der Waals surface area contributed by atoms with Gasteiger partial charge in [-0.1, -0.05) is 36.4 Å². The number of hydrogen-bond donors (Lipinski definition) is 2. The molecule has 1 aliphatic heterocycles. The molecule has 3 aromatic carbocycles. The third kappa shape index (κ3) is 6.14. The van der Waals surface area contributed by atoms with E-state index in [9.17, 15) is 30.8 Å². The van der Waals surface area contributed by atoms with Gasteiger partial charge < -0.3 is 15.5 Å². The van der Waals surface area contributed by atoms with Crippen LogP contribution in [0.3, 0.4) is 0 Å². The topological polar surface area (TPSA) is 105 Å². The summed E-state index contributed by atoms with van der Waals surface area (Å²) in [6.07, 6.45) is -1.91. The molecule has 0 spiro atoms. The average molecular weight is 604 g/mol. The third-order valence-corrected chi connectivity index (χ3v) is 9.51. The van der Waals surface area contributed by atoms with Crippen molar-refractivity contribution in [2.24, 2.45) is 5.73 Å². The molecule has 42 heavy (non-hydrogen) atoms. The van der Waals surface area contributed by atoms with Crippen molar-refractivity contribution >= 4 is 26.8 Å². The van der Waals surface area contributed by atoms with E-state index < -0.39 is 39.2 Å². The minimum atomic E-state index is -4.86. The number of H-pyrrole nitrogens is 1. The van der Waals surface area contributed by atoms with Gasteiger partial charge in [0.2, 0.25) is 10.0 Å². The molecule has 0 unspecified atom stereocenters. The van der Waals surface area contributed by atoms with Crippen LogP contribution < -0.4 is 10.5 Å². The Bertz CT molecular complexity index is 1700. The molecule has 4 aromatic rings. The Balaban J connectivity index is 1.23. The lowest BCUT2D eigenvalue weighted by atomic mass is 9.88. The lowest BCUT2D eigenvalue weighted by molar-refractivity contribution is -0.140.